The molecule has 0 saturated heterocycles. The quantitative estimate of drug-likeness (QED) is 0.269. The lowest BCUT2D eigenvalue weighted by Crippen LogP contribution is -2.41. The number of sulfone groups is 1. The van der Waals surface area contributed by atoms with Crippen molar-refractivity contribution in [3.8, 4) is 0 Å². The maximum Gasteiger partial charge on any atom is 0.191 e. The molecule has 0 bridgehead atoms. The van der Waals surface area contributed by atoms with Crippen molar-refractivity contribution >= 4 is 39.8 Å². The molecule has 1 aliphatic rings. The zero-order valence-corrected chi connectivity index (χ0v) is 18.2. The molecule has 0 spiro atoms. The standard InChI is InChI=1S/C16H33N3O3S.HI/c1-3-17-15(18-11-13-23(21,22)4-2)19-14-16(10-12-20)8-6-5-7-9-16;/h20H,3-14H2,1-2H3,(H2,17,18,19);1H. The summed E-state index contributed by atoms with van der Waals surface area (Å²) in [6, 6.07) is 0. The van der Waals surface area contributed by atoms with E-state index in [-0.39, 0.29) is 47.5 Å². The first-order chi connectivity index (χ1) is 11.0. The molecule has 24 heavy (non-hydrogen) atoms. The van der Waals surface area contributed by atoms with Gasteiger partial charge in [-0.25, -0.2) is 8.42 Å². The fourth-order valence-corrected chi connectivity index (χ4v) is 3.79. The molecule has 0 aliphatic heterocycles. The van der Waals surface area contributed by atoms with Crippen LogP contribution in [0.1, 0.15) is 52.4 Å². The summed E-state index contributed by atoms with van der Waals surface area (Å²) in [4.78, 5) is 4.66. The van der Waals surface area contributed by atoms with E-state index in [1.165, 1.54) is 19.3 Å². The Bertz CT molecular complexity index is 458. The maximum atomic E-state index is 11.6. The van der Waals surface area contributed by atoms with Gasteiger partial charge in [-0.3, -0.25) is 4.99 Å². The summed E-state index contributed by atoms with van der Waals surface area (Å²) in [5, 5.41) is 15.6. The van der Waals surface area contributed by atoms with Crippen LogP contribution in [-0.2, 0) is 9.84 Å². The van der Waals surface area contributed by atoms with E-state index in [1.54, 1.807) is 6.92 Å². The van der Waals surface area contributed by atoms with E-state index in [0.717, 1.165) is 25.8 Å². The van der Waals surface area contributed by atoms with Crippen LogP contribution in [0.15, 0.2) is 4.99 Å². The highest BCUT2D eigenvalue weighted by molar-refractivity contribution is 14.0. The van der Waals surface area contributed by atoms with Crippen molar-refractivity contribution in [2.45, 2.75) is 52.4 Å². The van der Waals surface area contributed by atoms with E-state index in [4.69, 9.17) is 0 Å². The first-order valence-electron chi connectivity index (χ1n) is 8.80. The molecule has 0 unspecified atom stereocenters. The monoisotopic (exact) mass is 475 g/mol. The molecular weight excluding hydrogens is 441 g/mol. The summed E-state index contributed by atoms with van der Waals surface area (Å²) < 4.78 is 23.1. The van der Waals surface area contributed by atoms with Gasteiger partial charge < -0.3 is 15.7 Å². The zero-order valence-electron chi connectivity index (χ0n) is 15.0. The van der Waals surface area contributed by atoms with Crippen LogP contribution in [0, 0.1) is 5.41 Å². The number of rotatable bonds is 9. The predicted molar refractivity (Wildman–Crippen MR) is 111 cm³/mol. The molecular formula is C16H34IN3O3S. The van der Waals surface area contributed by atoms with Crippen LogP contribution in [0.5, 0.6) is 0 Å². The fraction of sp³-hybridized carbons (Fsp3) is 0.938. The number of nitrogens with one attached hydrogen (secondary N) is 2. The average Bonchev–Trinajstić information content (AvgIpc) is 2.54. The van der Waals surface area contributed by atoms with Gasteiger partial charge in [-0.15, -0.1) is 24.0 Å². The van der Waals surface area contributed by atoms with E-state index in [0.29, 0.717) is 19.0 Å². The molecule has 1 fully saturated rings. The third kappa shape index (κ3) is 8.84. The van der Waals surface area contributed by atoms with Crippen LogP contribution in [0.25, 0.3) is 0 Å². The minimum Gasteiger partial charge on any atom is -0.396 e. The van der Waals surface area contributed by atoms with Crippen molar-refractivity contribution in [3.05, 3.63) is 0 Å². The molecule has 0 radical (unpaired) electrons. The minimum absolute atomic E-state index is 0. The Labute approximate surface area is 164 Å². The van der Waals surface area contributed by atoms with E-state index in [1.807, 2.05) is 6.92 Å². The van der Waals surface area contributed by atoms with Gasteiger partial charge in [-0.05, 0) is 31.6 Å². The number of guanidine groups is 1. The molecule has 6 nitrogen and oxygen atoms in total. The predicted octanol–water partition coefficient (Wildman–Crippen LogP) is 1.93. The number of hydrogen-bond acceptors (Lipinski definition) is 4. The van der Waals surface area contributed by atoms with Crippen LogP contribution in [0.4, 0.5) is 0 Å². The van der Waals surface area contributed by atoms with E-state index in [2.05, 4.69) is 15.6 Å². The van der Waals surface area contributed by atoms with Gasteiger partial charge in [0.15, 0.2) is 15.8 Å². The molecule has 0 aromatic heterocycles. The summed E-state index contributed by atoms with van der Waals surface area (Å²) in [5.41, 5.74) is 0.102. The molecule has 1 saturated carbocycles. The van der Waals surface area contributed by atoms with Crippen molar-refractivity contribution in [1.82, 2.24) is 10.6 Å². The third-order valence-electron chi connectivity index (χ3n) is 4.62. The lowest BCUT2D eigenvalue weighted by Gasteiger charge is -2.35. The van der Waals surface area contributed by atoms with Gasteiger partial charge >= 0.3 is 0 Å². The van der Waals surface area contributed by atoms with Gasteiger partial charge in [-0.1, -0.05) is 26.2 Å². The maximum absolute atomic E-state index is 11.6. The van der Waals surface area contributed by atoms with E-state index in [9.17, 15) is 13.5 Å². The second-order valence-electron chi connectivity index (χ2n) is 6.39. The largest absolute Gasteiger partial charge is 0.396 e. The van der Waals surface area contributed by atoms with Gasteiger partial charge in [0.05, 0.1) is 5.75 Å². The van der Waals surface area contributed by atoms with Crippen LogP contribution in [0.3, 0.4) is 0 Å². The van der Waals surface area contributed by atoms with Crippen LogP contribution < -0.4 is 10.6 Å². The lowest BCUT2D eigenvalue weighted by molar-refractivity contribution is 0.137. The second-order valence-corrected chi connectivity index (χ2v) is 8.87. The Balaban J connectivity index is 0.00000529. The number of aliphatic hydroxyl groups excluding tert-OH is 1. The number of aliphatic imine (C=N–C) groups is 1. The van der Waals surface area contributed by atoms with Crippen molar-refractivity contribution in [1.29, 1.82) is 0 Å². The first kappa shape index (κ1) is 23.9. The molecule has 3 N–H and O–H groups in total. The molecule has 1 rings (SSSR count). The Morgan fingerprint density at radius 3 is 2.38 bits per heavy atom. The van der Waals surface area contributed by atoms with Crippen molar-refractivity contribution in [2.24, 2.45) is 10.4 Å². The van der Waals surface area contributed by atoms with Gasteiger partial charge in [0.2, 0.25) is 0 Å². The summed E-state index contributed by atoms with van der Waals surface area (Å²) in [7, 11) is -2.96. The van der Waals surface area contributed by atoms with Gasteiger partial charge in [0, 0.05) is 32.0 Å². The van der Waals surface area contributed by atoms with Crippen molar-refractivity contribution in [2.75, 3.05) is 37.7 Å². The van der Waals surface area contributed by atoms with Crippen LogP contribution in [0.2, 0.25) is 0 Å². The highest BCUT2D eigenvalue weighted by Gasteiger charge is 2.31. The molecule has 144 valence electrons. The zero-order chi connectivity index (χ0) is 17.2. The van der Waals surface area contributed by atoms with Gasteiger partial charge in [-0.2, -0.15) is 0 Å². The SMILES string of the molecule is CCNC(=NCC1(CCO)CCCCC1)NCCS(=O)(=O)CC.I. The highest BCUT2D eigenvalue weighted by atomic mass is 127. The molecule has 0 aromatic rings. The van der Waals surface area contributed by atoms with E-state index >= 15 is 0 Å². The average molecular weight is 475 g/mol. The summed E-state index contributed by atoms with van der Waals surface area (Å²) in [6.45, 7) is 5.65. The molecule has 0 atom stereocenters. The lowest BCUT2D eigenvalue weighted by atomic mass is 9.72. The smallest absolute Gasteiger partial charge is 0.191 e. The molecule has 8 heteroatoms. The number of hydrogen-bond donors (Lipinski definition) is 3. The highest BCUT2D eigenvalue weighted by Crippen LogP contribution is 2.39. The summed E-state index contributed by atoms with van der Waals surface area (Å²) in [6.07, 6.45) is 6.69. The third-order valence-corrected chi connectivity index (χ3v) is 6.32. The van der Waals surface area contributed by atoms with E-state index < -0.39 is 9.84 Å². The van der Waals surface area contributed by atoms with Crippen molar-refractivity contribution < 1.29 is 13.5 Å². The van der Waals surface area contributed by atoms with Crippen molar-refractivity contribution in [3.63, 3.8) is 0 Å². The molecule has 0 heterocycles. The number of halogens is 1. The number of aliphatic hydroxyl groups is 1. The molecule has 1 aliphatic carbocycles. The van der Waals surface area contributed by atoms with Gasteiger partial charge in [0.1, 0.15) is 0 Å². The Morgan fingerprint density at radius 1 is 1.17 bits per heavy atom. The molecule has 0 aromatic carbocycles. The number of nitrogens with zero attached hydrogens (tertiary/aromatic N) is 1. The Morgan fingerprint density at radius 2 is 1.83 bits per heavy atom. The normalized spacial score (nSPS) is 17.9. The van der Waals surface area contributed by atoms with Gasteiger partial charge in [0.25, 0.3) is 0 Å². The first-order valence-corrected chi connectivity index (χ1v) is 10.6. The fourth-order valence-electron chi connectivity index (χ4n) is 3.08. The Kier molecular flexibility index (Phi) is 12.2. The minimum atomic E-state index is -2.96. The Hall–Kier alpha value is -0.0900. The van der Waals surface area contributed by atoms with Crippen LogP contribution >= 0.6 is 24.0 Å². The second kappa shape index (κ2) is 12.3. The summed E-state index contributed by atoms with van der Waals surface area (Å²) in [5.74, 6) is 0.958. The molecule has 0 amide bonds. The topological polar surface area (TPSA) is 90.8 Å². The summed E-state index contributed by atoms with van der Waals surface area (Å²) >= 11 is 0. The van der Waals surface area contributed by atoms with Crippen LogP contribution in [-0.4, -0.2) is 57.2 Å².